The highest BCUT2D eigenvalue weighted by Gasteiger charge is 2.22. The topological polar surface area (TPSA) is 63.3 Å². The molecule has 0 bridgehead atoms. The number of nitrogens with one attached hydrogen (secondary N) is 1. The van der Waals surface area contributed by atoms with Crippen molar-refractivity contribution in [3.8, 4) is 0 Å². The lowest BCUT2D eigenvalue weighted by molar-refractivity contribution is -0.735. The van der Waals surface area contributed by atoms with Gasteiger partial charge in [-0.3, -0.25) is 4.79 Å². The summed E-state index contributed by atoms with van der Waals surface area (Å²) in [4.78, 5) is 28.1. The summed E-state index contributed by atoms with van der Waals surface area (Å²) in [6, 6.07) is 5.10. The maximum absolute atomic E-state index is 11.7. The second-order valence-corrected chi connectivity index (χ2v) is 4.67. The molecule has 0 saturated carbocycles. The third kappa shape index (κ3) is 2.75. The molecule has 1 amide bonds. The highest BCUT2D eigenvalue weighted by Crippen LogP contribution is 2.31. The third-order valence-electron chi connectivity index (χ3n) is 3.05. The molecule has 0 spiro atoms. The number of hydrogen-bond donors (Lipinski definition) is 1. The molecule has 20 heavy (non-hydrogen) atoms. The van der Waals surface area contributed by atoms with Crippen LogP contribution in [0.4, 0.5) is 5.69 Å². The second kappa shape index (κ2) is 5.92. The molecule has 0 fully saturated rings. The first-order chi connectivity index (χ1) is 9.56. The van der Waals surface area contributed by atoms with Crippen molar-refractivity contribution in [2.24, 2.45) is 0 Å². The Morgan fingerprint density at radius 3 is 2.90 bits per heavy atom. The molecule has 0 aliphatic heterocycles. The van der Waals surface area contributed by atoms with Crippen LogP contribution >= 0.6 is 11.6 Å². The van der Waals surface area contributed by atoms with E-state index in [1.165, 1.54) is 7.11 Å². The van der Waals surface area contributed by atoms with Crippen molar-refractivity contribution in [1.82, 2.24) is 9.88 Å². The molecule has 0 radical (unpaired) electrons. The fourth-order valence-electron chi connectivity index (χ4n) is 2.03. The summed E-state index contributed by atoms with van der Waals surface area (Å²) in [5, 5.41) is 3.73. The van der Waals surface area contributed by atoms with Crippen molar-refractivity contribution in [2.45, 2.75) is 13.0 Å². The molecule has 6 nitrogen and oxygen atoms in total. The van der Waals surface area contributed by atoms with Crippen LogP contribution in [0, 0.1) is 4.91 Å². The quantitative estimate of drug-likeness (QED) is 0.862. The predicted molar refractivity (Wildman–Crippen MR) is 75.9 cm³/mol. The summed E-state index contributed by atoms with van der Waals surface area (Å²) < 4.78 is 1.88. The standard InChI is InChI=1S/C13H14ClN3O3/c1-15-13(18)4-6-16-5-3-10-11(16)7-9(14)8-12(10)17(19)20-2/h3,5,7-8H,4,6H2,1-2H3/p+1. The SMILES string of the molecule is CNC(=O)CCn1ccc2c([N+](=O)OC)cc(Cl)cc21. The molecule has 0 unspecified atom stereocenters. The van der Waals surface area contributed by atoms with Gasteiger partial charge >= 0.3 is 5.69 Å². The zero-order valence-corrected chi connectivity index (χ0v) is 12.0. The smallest absolute Gasteiger partial charge is 0.327 e. The number of carbonyl (C=O) groups excluding carboxylic acids is 1. The average Bonchev–Trinajstić information content (AvgIpc) is 2.85. The van der Waals surface area contributed by atoms with Gasteiger partial charge in [0.25, 0.3) is 4.92 Å². The Morgan fingerprint density at radius 1 is 1.50 bits per heavy atom. The lowest BCUT2D eigenvalue weighted by atomic mass is 10.2. The highest BCUT2D eigenvalue weighted by molar-refractivity contribution is 6.31. The van der Waals surface area contributed by atoms with Crippen LogP contribution in [0.3, 0.4) is 0 Å². The summed E-state index contributed by atoms with van der Waals surface area (Å²) in [6.45, 7) is 0.509. The van der Waals surface area contributed by atoms with E-state index in [0.717, 1.165) is 10.9 Å². The number of benzene rings is 1. The van der Waals surface area contributed by atoms with Gasteiger partial charge in [0.05, 0.1) is 15.8 Å². The van der Waals surface area contributed by atoms with Gasteiger partial charge in [0.2, 0.25) is 5.91 Å². The lowest BCUT2D eigenvalue weighted by Gasteiger charge is -2.05. The number of halogens is 1. The van der Waals surface area contributed by atoms with Gasteiger partial charge in [0.1, 0.15) is 0 Å². The van der Waals surface area contributed by atoms with E-state index < -0.39 is 0 Å². The summed E-state index contributed by atoms with van der Waals surface area (Å²) in [6.07, 6.45) is 2.17. The Kier molecular flexibility index (Phi) is 4.24. The Labute approximate surface area is 120 Å². The van der Waals surface area contributed by atoms with Gasteiger partial charge in [-0.1, -0.05) is 11.6 Å². The van der Waals surface area contributed by atoms with Crippen LogP contribution in [-0.2, 0) is 16.2 Å². The number of amides is 1. The number of rotatable bonds is 5. The van der Waals surface area contributed by atoms with Crippen LogP contribution in [0.5, 0.6) is 0 Å². The number of aromatic nitrogens is 1. The van der Waals surface area contributed by atoms with Gasteiger partial charge in [0, 0.05) is 37.3 Å². The number of fused-ring (bicyclic) bond motifs is 1. The second-order valence-electron chi connectivity index (χ2n) is 4.23. The van der Waals surface area contributed by atoms with Gasteiger partial charge in [0.15, 0.2) is 7.11 Å². The molecule has 2 rings (SSSR count). The Hall–Kier alpha value is -2.08. The summed E-state index contributed by atoms with van der Waals surface area (Å²) in [5.74, 6) is -0.0450. The molecule has 1 heterocycles. The molecular weight excluding hydrogens is 282 g/mol. The van der Waals surface area contributed by atoms with Crippen LogP contribution in [0.2, 0.25) is 5.02 Å². The van der Waals surface area contributed by atoms with Crippen molar-refractivity contribution in [2.75, 3.05) is 14.2 Å². The zero-order chi connectivity index (χ0) is 14.7. The molecule has 106 valence electrons. The monoisotopic (exact) mass is 296 g/mol. The van der Waals surface area contributed by atoms with Crippen molar-refractivity contribution in [3.63, 3.8) is 0 Å². The average molecular weight is 297 g/mol. The van der Waals surface area contributed by atoms with E-state index in [2.05, 4.69) is 10.2 Å². The third-order valence-corrected chi connectivity index (χ3v) is 3.27. The van der Waals surface area contributed by atoms with Gasteiger partial charge < -0.3 is 9.88 Å². The van der Waals surface area contributed by atoms with Crippen molar-refractivity contribution < 1.29 is 14.6 Å². The molecule has 0 aliphatic rings. The van der Waals surface area contributed by atoms with Gasteiger partial charge in [-0.2, -0.15) is 0 Å². The molecule has 0 atom stereocenters. The lowest BCUT2D eigenvalue weighted by Crippen LogP contribution is -2.19. The Morgan fingerprint density at radius 2 is 2.25 bits per heavy atom. The zero-order valence-electron chi connectivity index (χ0n) is 11.2. The number of hydrogen-bond acceptors (Lipinski definition) is 3. The number of aryl methyl sites for hydroxylation is 1. The molecular formula is C13H15ClN3O3+. The van der Waals surface area contributed by atoms with Gasteiger partial charge in [-0.15, -0.1) is 0 Å². The first kappa shape index (κ1) is 14.3. The predicted octanol–water partition coefficient (Wildman–Crippen LogP) is 2.40. The maximum atomic E-state index is 11.7. The van der Waals surface area contributed by atoms with Gasteiger partial charge in [-0.25, -0.2) is 4.84 Å². The number of carbonyl (C=O) groups is 1. The van der Waals surface area contributed by atoms with Crippen molar-refractivity contribution in [3.05, 3.63) is 34.3 Å². The minimum atomic E-state index is -0.0450. The van der Waals surface area contributed by atoms with Gasteiger partial charge in [-0.05, 0) is 12.1 Å². The van der Waals surface area contributed by atoms with Crippen LogP contribution < -0.4 is 5.32 Å². The maximum Gasteiger partial charge on any atom is 0.327 e. The molecule has 1 N–H and O–H groups in total. The fourth-order valence-corrected chi connectivity index (χ4v) is 2.24. The van der Waals surface area contributed by atoms with Crippen LogP contribution in [-0.4, -0.2) is 29.6 Å². The first-order valence-corrected chi connectivity index (χ1v) is 6.45. The van der Waals surface area contributed by atoms with Crippen LogP contribution in [0.1, 0.15) is 6.42 Å². The molecule has 0 saturated heterocycles. The van der Waals surface area contributed by atoms with Crippen LogP contribution in [0.25, 0.3) is 10.9 Å². The molecule has 1 aromatic carbocycles. The Bertz CT molecular complexity index is 666. The normalized spacial score (nSPS) is 10.6. The molecule has 7 heteroatoms. The van der Waals surface area contributed by atoms with E-state index in [0.29, 0.717) is 28.6 Å². The molecule has 0 aliphatic carbocycles. The fraction of sp³-hybridized carbons (Fsp3) is 0.308. The van der Waals surface area contributed by atoms with E-state index in [1.807, 2.05) is 10.8 Å². The van der Waals surface area contributed by atoms with E-state index in [9.17, 15) is 9.70 Å². The minimum absolute atomic E-state index is 0.0450. The Balaban J connectivity index is 2.42. The van der Waals surface area contributed by atoms with E-state index >= 15 is 0 Å². The van der Waals surface area contributed by atoms with Crippen molar-refractivity contribution >= 4 is 34.1 Å². The molecule has 2 aromatic rings. The van der Waals surface area contributed by atoms with E-state index in [4.69, 9.17) is 11.6 Å². The first-order valence-electron chi connectivity index (χ1n) is 6.07. The summed E-state index contributed by atoms with van der Waals surface area (Å²) >= 11 is 6.03. The van der Waals surface area contributed by atoms with E-state index in [1.54, 1.807) is 25.2 Å². The number of nitrogens with zero attached hydrogens (tertiary/aromatic N) is 2. The highest BCUT2D eigenvalue weighted by atomic mass is 35.5. The molecule has 1 aromatic heterocycles. The minimum Gasteiger partial charge on any atom is -0.359 e. The van der Waals surface area contributed by atoms with Crippen molar-refractivity contribution in [1.29, 1.82) is 0 Å². The summed E-state index contributed by atoms with van der Waals surface area (Å²) in [5.41, 5.74) is 1.13. The largest absolute Gasteiger partial charge is 0.359 e. The summed E-state index contributed by atoms with van der Waals surface area (Å²) in [7, 11) is 2.89. The van der Waals surface area contributed by atoms with E-state index in [-0.39, 0.29) is 5.91 Å². The van der Waals surface area contributed by atoms with Crippen LogP contribution in [0.15, 0.2) is 24.4 Å².